The van der Waals surface area contributed by atoms with Gasteiger partial charge in [-0.2, -0.15) is 9.89 Å². The highest BCUT2D eigenvalue weighted by Crippen LogP contribution is 2.08. The number of Topliss-reactive ketones (excluding diaryl/α,β-unsaturated/α-hetero) is 2. The molecule has 5 nitrogen and oxygen atoms in total. The zero-order valence-corrected chi connectivity index (χ0v) is 13.9. The van der Waals surface area contributed by atoms with Gasteiger partial charge >= 0.3 is 0 Å². The fourth-order valence-electron chi connectivity index (χ4n) is 2.42. The molecular weight excluding hydrogens is 326 g/mol. The number of nitrogens with two attached hydrogens (primary N) is 1. The van der Waals surface area contributed by atoms with Gasteiger partial charge in [0.15, 0.2) is 0 Å². The Morgan fingerprint density at radius 1 is 0.692 bits per heavy atom. The van der Waals surface area contributed by atoms with Gasteiger partial charge in [-0.3, -0.25) is 9.59 Å². The lowest BCUT2D eigenvalue weighted by molar-refractivity contribution is 0.0817. The zero-order valence-electron chi connectivity index (χ0n) is 13.9. The maximum Gasteiger partial charge on any atom is 0.233 e. The minimum atomic E-state index is -0.466. The fourth-order valence-corrected chi connectivity index (χ4v) is 2.42. The van der Waals surface area contributed by atoms with Crippen LogP contribution >= 0.6 is 0 Å². The highest BCUT2D eigenvalue weighted by atomic mass is 16.2. The highest BCUT2D eigenvalue weighted by molar-refractivity contribution is 6.49. The summed E-state index contributed by atoms with van der Waals surface area (Å²) in [5.41, 5.74) is 1.79. The molecule has 0 unspecified atom stereocenters. The molecule has 5 heteroatoms. The van der Waals surface area contributed by atoms with Crippen LogP contribution in [0.5, 0.6) is 0 Å². The van der Waals surface area contributed by atoms with E-state index < -0.39 is 11.6 Å². The Bertz CT molecular complexity index is 942. The predicted molar refractivity (Wildman–Crippen MR) is 101 cm³/mol. The zero-order chi connectivity index (χ0) is 18.4. The van der Waals surface area contributed by atoms with Crippen molar-refractivity contribution in [1.82, 2.24) is 9.89 Å². The summed E-state index contributed by atoms with van der Waals surface area (Å²) >= 11 is 0. The molecule has 0 bridgehead atoms. The third-order valence-electron chi connectivity index (χ3n) is 3.71. The minimum absolute atomic E-state index is 0.427. The lowest BCUT2D eigenvalue weighted by atomic mass is 10.0. The first-order chi connectivity index (χ1) is 12.6. The molecule has 0 fully saturated rings. The van der Waals surface area contributed by atoms with Crippen molar-refractivity contribution in [2.45, 2.75) is 0 Å². The van der Waals surface area contributed by atoms with E-state index in [1.54, 1.807) is 54.7 Å². The van der Waals surface area contributed by atoms with Gasteiger partial charge in [-0.15, -0.1) is 0 Å². The summed E-state index contributed by atoms with van der Waals surface area (Å²) in [5, 5.41) is 5.08. The molecule has 4 aromatic rings. The SMILES string of the molecule is Nn1cc2ccccc2n1.O=C(C(=O)c1ccccc1)c1ccccc1. The van der Waals surface area contributed by atoms with Crippen molar-refractivity contribution in [1.29, 1.82) is 0 Å². The maximum atomic E-state index is 11.8. The van der Waals surface area contributed by atoms with Gasteiger partial charge in [0, 0.05) is 16.5 Å². The van der Waals surface area contributed by atoms with Crippen LogP contribution in [0.2, 0.25) is 0 Å². The van der Waals surface area contributed by atoms with Crippen LogP contribution in [0, 0.1) is 0 Å². The molecule has 0 aliphatic rings. The summed E-state index contributed by atoms with van der Waals surface area (Å²) in [4.78, 5) is 24.9. The van der Waals surface area contributed by atoms with E-state index in [1.807, 2.05) is 36.4 Å². The molecule has 0 saturated heterocycles. The Balaban J connectivity index is 0.000000167. The molecule has 2 N–H and O–H groups in total. The quantitative estimate of drug-likeness (QED) is 0.351. The largest absolute Gasteiger partial charge is 0.323 e. The van der Waals surface area contributed by atoms with Gasteiger partial charge in [0.2, 0.25) is 11.6 Å². The average Bonchev–Trinajstić information content (AvgIpc) is 3.09. The van der Waals surface area contributed by atoms with Crippen molar-refractivity contribution in [3.05, 3.63) is 102 Å². The number of hydrogen-bond donors (Lipinski definition) is 1. The number of rotatable bonds is 3. The standard InChI is InChI=1S/C14H10O2.C7H7N3/c15-13(11-7-3-1-4-8-11)14(16)12-9-5-2-6-10-12;8-10-5-6-3-1-2-4-7(6)9-10/h1-10H;1-5H,8H2. The molecule has 4 rings (SSSR count). The number of ketones is 2. The fraction of sp³-hybridized carbons (Fsp3) is 0. The van der Waals surface area contributed by atoms with E-state index in [4.69, 9.17) is 5.84 Å². The maximum absolute atomic E-state index is 11.8. The summed E-state index contributed by atoms with van der Waals surface area (Å²) in [6, 6.07) is 25.0. The molecule has 1 aromatic heterocycles. The first-order valence-corrected chi connectivity index (χ1v) is 8.04. The van der Waals surface area contributed by atoms with Crippen LogP contribution in [-0.2, 0) is 0 Å². The van der Waals surface area contributed by atoms with Gasteiger partial charge in [0.05, 0.1) is 11.7 Å². The predicted octanol–water partition coefficient (Wildman–Crippen LogP) is 3.50. The van der Waals surface area contributed by atoms with Crippen molar-refractivity contribution in [3.8, 4) is 0 Å². The second kappa shape index (κ2) is 7.90. The number of hydrogen-bond acceptors (Lipinski definition) is 4. The van der Waals surface area contributed by atoms with Gasteiger partial charge in [0.1, 0.15) is 0 Å². The molecule has 0 aliphatic heterocycles. The van der Waals surface area contributed by atoms with Gasteiger partial charge < -0.3 is 5.84 Å². The molecule has 3 aromatic carbocycles. The summed E-state index contributed by atoms with van der Waals surface area (Å²) in [5.74, 6) is 4.46. The van der Waals surface area contributed by atoms with E-state index in [2.05, 4.69) is 5.10 Å². The van der Waals surface area contributed by atoms with E-state index in [9.17, 15) is 9.59 Å². The lowest BCUT2D eigenvalue weighted by Gasteiger charge is -1.99. The summed E-state index contributed by atoms with van der Waals surface area (Å²) in [6.45, 7) is 0. The number of fused-ring (bicyclic) bond motifs is 1. The second-order valence-electron chi connectivity index (χ2n) is 5.56. The third kappa shape index (κ3) is 4.02. The normalized spacial score (nSPS) is 10.0. The van der Waals surface area contributed by atoms with Crippen LogP contribution in [0.3, 0.4) is 0 Å². The van der Waals surface area contributed by atoms with Crippen LogP contribution in [0.15, 0.2) is 91.1 Å². The van der Waals surface area contributed by atoms with E-state index >= 15 is 0 Å². The van der Waals surface area contributed by atoms with Gasteiger partial charge in [-0.1, -0.05) is 78.9 Å². The van der Waals surface area contributed by atoms with E-state index in [0.29, 0.717) is 11.1 Å². The number of benzene rings is 3. The monoisotopic (exact) mass is 343 g/mol. The van der Waals surface area contributed by atoms with Crippen LogP contribution in [-0.4, -0.2) is 21.5 Å². The molecule has 0 spiro atoms. The van der Waals surface area contributed by atoms with Gasteiger partial charge in [0.25, 0.3) is 0 Å². The topological polar surface area (TPSA) is 78.0 Å². The number of aromatic nitrogens is 2. The molecule has 1 heterocycles. The third-order valence-corrected chi connectivity index (χ3v) is 3.71. The first kappa shape index (κ1) is 17.1. The Morgan fingerprint density at radius 2 is 1.15 bits per heavy atom. The van der Waals surface area contributed by atoms with Crippen molar-refractivity contribution in [2.75, 3.05) is 5.84 Å². The highest BCUT2D eigenvalue weighted by Gasteiger charge is 2.17. The Labute approximate surface area is 150 Å². The van der Waals surface area contributed by atoms with Crippen LogP contribution in [0.25, 0.3) is 10.9 Å². The van der Waals surface area contributed by atoms with Crippen molar-refractivity contribution in [2.24, 2.45) is 0 Å². The van der Waals surface area contributed by atoms with E-state index in [-0.39, 0.29) is 0 Å². The molecule has 0 atom stereocenters. The Morgan fingerprint density at radius 3 is 1.65 bits per heavy atom. The Hall–Kier alpha value is -3.73. The van der Waals surface area contributed by atoms with E-state index in [1.165, 1.54) is 4.79 Å². The molecule has 26 heavy (non-hydrogen) atoms. The number of carbonyl (C=O) groups excluding carboxylic acids is 2. The summed E-state index contributed by atoms with van der Waals surface area (Å²) in [6.07, 6.45) is 1.79. The second-order valence-corrected chi connectivity index (χ2v) is 5.56. The van der Waals surface area contributed by atoms with Crippen LogP contribution in [0.4, 0.5) is 0 Å². The molecule has 0 radical (unpaired) electrons. The Kier molecular flexibility index (Phi) is 5.19. The van der Waals surface area contributed by atoms with Gasteiger partial charge in [-0.05, 0) is 6.07 Å². The van der Waals surface area contributed by atoms with Crippen molar-refractivity contribution in [3.63, 3.8) is 0 Å². The van der Waals surface area contributed by atoms with Crippen LogP contribution in [0.1, 0.15) is 20.7 Å². The molecule has 0 saturated carbocycles. The molecule has 0 aliphatic carbocycles. The van der Waals surface area contributed by atoms with Crippen molar-refractivity contribution >= 4 is 22.5 Å². The summed E-state index contributed by atoms with van der Waals surface area (Å²) < 4.78 is 0. The lowest BCUT2D eigenvalue weighted by Crippen LogP contribution is -2.14. The molecular formula is C21H17N3O2. The summed E-state index contributed by atoms with van der Waals surface area (Å²) in [7, 11) is 0. The first-order valence-electron chi connectivity index (χ1n) is 8.04. The minimum Gasteiger partial charge on any atom is -0.323 e. The number of nitrogens with zero attached hydrogens (tertiary/aromatic N) is 2. The van der Waals surface area contributed by atoms with Crippen LogP contribution < -0.4 is 5.84 Å². The average molecular weight is 343 g/mol. The molecule has 128 valence electrons. The number of nitrogen functional groups attached to an aromatic ring is 1. The smallest absolute Gasteiger partial charge is 0.233 e. The van der Waals surface area contributed by atoms with Gasteiger partial charge in [-0.25, -0.2) is 0 Å². The van der Waals surface area contributed by atoms with E-state index in [0.717, 1.165) is 10.9 Å². The number of carbonyl (C=O) groups is 2. The molecule has 0 amide bonds. The van der Waals surface area contributed by atoms with Crippen molar-refractivity contribution < 1.29 is 9.59 Å².